The molecular formula is C15H21NO2S. The molecule has 1 aromatic carbocycles. The minimum absolute atomic E-state index is 0.0307. The van der Waals surface area contributed by atoms with Crippen LogP contribution in [0.1, 0.15) is 44.2 Å². The van der Waals surface area contributed by atoms with Crippen molar-refractivity contribution >= 4 is 9.84 Å². The van der Waals surface area contributed by atoms with Gasteiger partial charge in [0.05, 0.1) is 10.6 Å². The molecule has 1 saturated carbocycles. The maximum absolute atomic E-state index is 12.1. The Morgan fingerprint density at radius 1 is 1.21 bits per heavy atom. The van der Waals surface area contributed by atoms with E-state index in [1.54, 1.807) is 12.1 Å². The minimum atomic E-state index is -3.09. The van der Waals surface area contributed by atoms with E-state index in [0.717, 1.165) is 5.56 Å². The first-order valence-corrected chi connectivity index (χ1v) is 8.81. The third kappa shape index (κ3) is 2.43. The van der Waals surface area contributed by atoms with Gasteiger partial charge in [0.2, 0.25) is 0 Å². The third-order valence-electron chi connectivity index (χ3n) is 4.59. The van der Waals surface area contributed by atoms with Gasteiger partial charge in [-0.25, -0.2) is 8.42 Å². The Labute approximate surface area is 115 Å². The first-order chi connectivity index (χ1) is 9.08. The van der Waals surface area contributed by atoms with E-state index < -0.39 is 9.84 Å². The molecule has 1 N–H and O–H groups in total. The fourth-order valence-electron chi connectivity index (χ4n) is 3.50. The van der Waals surface area contributed by atoms with Crippen molar-refractivity contribution in [1.82, 2.24) is 5.32 Å². The van der Waals surface area contributed by atoms with Gasteiger partial charge in [0, 0.05) is 12.1 Å². The fourth-order valence-corrected chi connectivity index (χ4v) is 5.25. The van der Waals surface area contributed by atoms with E-state index in [2.05, 4.69) is 12.2 Å². The molecule has 2 atom stereocenters. The summed E-state index contributed by atoms with van der Waals surface area (Å²) in [6, 6.07) is 7.77. The highest BCUT2D eigenvalue weighted by Crippen LogP contribution is 2.35. The number of nitrogens with one attached hydrogen (secondary N) is 1. The lowest BCUT2D eigenvalue weighted by Crippen LogP contribution is -2.36. The molecule has 104 valence electrons. The van der Waals surface area contributed by atoms with Gasteiger partial charge in [0.25, 0.3) is 0 Å². The first kappa shape index (κ1) is 13.1. The van der Waals surface area contributed by atoms with Crippen LogP contribution in [0, 0.1) is 5.92 Å². The predicted octanol–water partition coefficient (Wildman–Crippen LogP) is 2.68. The molecule has 1 aromatic rings. The average Bonchev–Trinajstić information content (AvgIpc) is 2.98. The topological polar surface area (TPSA) is 46.2 Å². The van der Waals surface area contributed by atoms with E-state index in [9.17, 15) is 8.42 Å². The molecule has 2 aliphatic rings. The van der Waals surface area contributed by atoms with Crippen LogP contribution in [0.5, 0.6) is 0 Å². The van der Waals surface area contributed by atoms with Crippen molar-refractivity contribution in [2.24, 2.45) is 5.92 Å². The van der Waals surface area contributed by atoms with Crippen LogP contribution in [-0.2, 0) is 9.84 Å². The highest BCUT2D eigenvalue weighted by molar-refractivity contribution is 7.91. The zero-order valence-corrected chi connectivity index (χ0v) is 12.1. The maximum Gasteiger partial charge on any atom is 0.180 e. The smallest absolute Gasteiger partial charge is 0.180 e. The molecule has 0 amide bonds. The SMILES string of the molecule is CC(NC1CS(=O)(=O)c2ccccc21)C1CCCC1. The summed E-state index contributed by atoms with van der Waals surface area (Å²) < 4.78 is 24.3. The van der Waals surface area contributed by atoms with Crippen LogP contribution in [0.4, 0.5) is 0 Å². The highest BCUT2D eigenvalue weighted by Gasteiger charge is 2.35. The Kier molecular flexibility index (Phi) is 3.39. The van der Waals surface area contributed by atoms with Crippen molar-refractivity contribution in [3.63, 3.8) is 0 Å². The zero-order valence-electron chi connectivity index (χ0n) is 11.3. The van der Waals surface area contributed by atoms with Crippen molar-refractivity contribution < 1.29 is 8.42 Å². The fraction of sp³-hybridized carbons (Fsp3) is 0.600. The molecule has 1 fully saturated rings. The van der Waals surface area contributed by atoms with Crippen molar-refractivity contribution in [2.75, 3.05) is 5.75 Å². The second kappa shape index (κ2) is 4.91. The minimum Gasteiger partial charge on any atom is -0.306 e. The van der Waals surface area contributed by atoms with Crippen LogP contribution in [0.15, 0.2) is 29.2 Å². The summed E-state index contributed by atoms with van der Waals surface area (Å²) in [6.45, 7) is 2.20. The number of hydrogen-bond donors (Lipinski definition) is 1. The third-order valence-corrected chi connectivity index (χ3v) is 6.40. The van der Waals surface area contributed by atoms with Gasteiger partial charge in [0.1, 0.15) is 0 Å². The lowest BCUT2D eigenvalue weighted by atomic mass is 9.98. The van der Waals surface area contributed by atoms with Gasteiger partial charge in [0.15, 0.2) is 9.84 Å². The molecule has 2 unspecified atom stereocenters. The van der Waals surface area contributed by atoms with Crippen molar-refractivity contribution in [3.8, 4) is 0 Å². The van der Waals surface area contributed by atoms with E-state index in [1.807, 2.05) is 12.1 Å². The molecule has 3 rings (SSSR count). The first-order valence-electron chi connectivity index (χ1n) is 7.15. The van der Waals surface area contributed by atoms with E-state index in [1.165, 1.54) is 25.7 Å². The van der Waals surface area contributed by atoms with Gasteiger partial charge in [-0.3, -0.25) is 0 Å². The van der Waals surface area contributed by atoms with Crippen molar-refractivity contribution in [1.29, 1.82) is 0 Å². The quantitative estimate of drug-likeness (QED) is 0.925. The number of hydrogen-bond acceptors (Lipinski definition) is 3. The largest absolute Gasteiger partial charge is 0.306 e. The number of benzene rings is 1. The normalized spacial score (nSPS) is 27.3. The Hall–Kier alpha value is -0.870. The van der Waals surface area contributed by atoms with Crippen LogP contribution >= 0.6 is 0 Å². The van der Waals surface area contributed by atoms with Crippen LogP contribution in [0.25, 0.3) is 0 Å². The second-order valence-electron chi connectivity index (χ2n) is 5.87. The van der Waals surface area contributed by atoms with Gasteiger partial charge in [-0.2, -0.15) is 0 Å². The van der Waals surface area contributed by atoms with Crippen LogP contribution < -0.4 is 5.32 Å². The second-order valence-corrected chi connectivity index (χ2v) is 7.87. The van der Waals surface area contributed by atoms with E-state index in [-0.39, 0.29) is 11.8 Å². The monoisotopic (exact) mass is 279 g/mol. The Balaban J connectivity index is 1.80. The van der Waals surface area contributed by atoms with E-state index in [4.69, 9.17) is 0 Å². The van der Waals surface area contributed by atoms with Crippen molar-refractivity contribution in [3.05, 3.63) is 29.8 Å². The lowest BCUT2D eigenvalue weighted by Gasteiger charge is -2.24. The number of rotatable bonds is 3. The molecule has 1 aliphatic carbocycles. The molecule has 1 aliphatic heterocycles. The summed E-state index contributed by atoms with van der Waals surface area (Å²) in [6.07, 6.45) is 5.18. The van der Waals surface area contributed by atoms with Gasteiger partial charge in [-0.05, 0) is 37.3 Å². The maximum atomic E-state index is 12.1. The number of fused-ring (bicyclic) bond motifs is 1. The molecule has 0 aromatic heterocycles. The summed E-state index contributed by atoms with van der Waals surface area (Å²) in [5.74, 6) is 0.916. The number of sulfone groups is 1. The average molecular weight is 279 g/mol. The highest BCUT2D eigenvalue weighted by atomic mass is 32.2. The summed E-state index contributed by atoms with van der Waals surface area (Å²) in [5, 5.41) is 3.55. The summed E-state index contributed by atoms with van der Waals surface area (Å²) in [5.41, 5.74) is 0.951. The van der Waals surface area contributed by atoms with Gasteiger partial charge in [-0.1, -0.05) is 31.0 Å². The van der Waals surface area contributed by atoms with Crippen LogP contribution in [0.2, 0.25) is 0 Å². The van der Waals surface area contributed by atoms with Crippen molar-refractivity contribution in [2.45, 2.75) is 49.6 Å². The summed E-state index contributed by atoms with van der Waals surface area (Å²) >= 11 is 0. The summed E-state index contributed by atoms with van der Waals surface area (Å²) in [4.78, 5) is 0.520. The van der Waals surface area contributed by atoms with Crippen LogP contribution in [-0.4, -0.2) is 20.2 Å². The van der Waals surface area contributed by atoms with E-state index >= 15 is 0 Å². The van der Waals surface area contributed by atoms with Gasteiger partial charge in [-0.15, -0.1) is 0 Å². The van der Waals surface area contributed by atoms with E-state index in [0.29, 0.717) is 16.9 Å². The molecule has 0 bridgehead atoms. The Bertz CT molecular complexity index is 561. The standard InChI is InChI=1S/C15H21NO2S/c1-11(12-6-2-3-7-12)16-14-10-19(17,18)15-9-5-4-8-13(14)15/h4-5,8-9,11-12,14,16H,2-3,6-7,10H2,1H3. The molecule has 1 heterocycles. The molecular weight excluding hydrogens is 258 g/mol. The molecule has 19 heavy (non-hydrogen) atoms. The predicted molar refractivity (Wildman–Crippen MR) is 75.8 cm³/mol. The Morgan fingerprint density at radius 2 is 1.89 bits per heavy atom. The zero-order chi connectivity index (χ0) is 13.5. The van der Waals surface area contributed by atoms with Gasteiger partial charge < -0.3 is 5.32 Å². The van der Waals surface area contributed by atoms with Gasteiger partial charge >= 0.3 is 0 Å². The molecule has 4 heteroatoms. The molecule has 0 saturated heterocycles. The molecule has 3 nitrogen and oxygen atoms in total. The van der Waals surface area contributed by atoms with Crippen LogP contribution in [0.3, 0.4) is 0 Å². The Morgan fingerprint density at radius 3 is 2.63 bits per heavy atom. The molecule has 0 radical (unpaired) electrons. The summed E-state index contributed by atoms with van der Waals surface area (Å²) in [7, 11) is -3.09. The molecule has 0 spiro atoms. The lowest BCUT2D eigenvalue weighted by molar-refractivity contribution is 0.354.